The molecule has 1 heterocycles. The number of nitrogens with zero attached hydrogens (tertiary/aromatic N) is 1. The third-order valence-electron chi connectivity index (χ3n) is 5.65. The number of hydrogen-bond acceptors (Lipinski definition) is 4. The average molecular weight is 408 g/mol. The van der Waals surface area contributed by atoms with Gasteiger partial charge in [-0.15, -0.1) is 0 Å². The van der Waals surface area contributed by atoms with Crippen molar-refractivity contribution < 1.29 is 19.4 Å². The van der Waals surface area contributed by atoms with Crippen LogP contribution in [0.25, 0.3) is 5.76 Å². The number of carbonyl (C=O) groups excluding carboxylic acids is 2. The molecule has 0 spiro atoms. The molecular weight excluding hydrogens is 378 g/mol. The molecule has 30 heavy (non-hydrogen) atoms. The molecule has 0 aromatic heterocycles. The number of likely N-dealkylation sites (tertiary alicyclic amines) is 1. The zero-order chi connectivity index (χ0) is 21.8. The fourth-order valence-corrected chi connectivity index (χ4v) is 4.03. The molecule has 1 saturated heterocycles. The lowest BCUT2D eigenvalue weighted by atomic mass is 9.93. The summed E-state index contributed by atoms with van der Waals surface area (Å²) in [5.41, 5.74) is 3.13. The molecule has 1 fully saturated rings. The lowest BCUT2D eigenvalue weighted by molar-refractivity contribution is -0.139. The first kappa shape index (κ1) is 21.6. The zero-order valence-corrected chi connectivity index (χ0v) is 18.1. The van der Waals surface area contributed by atoms with Gasteiger partial charge in [0.05, 0.1) is 18.7 Å². The van der Waals surface area contributed by atoms with Crippen LogP contribution >= 0.6 is 0 Å². The van der Waals surface area contributed by atoms with E-state index in [1.807, 2.05) is 50.2 Å². The van der Waals surface area contributed by atoms with Gasteiger partial charge >= 0.3 is 0 Å². The third-order valence-corrected chi connectivity index (χ3v) is 5.65. The number of ether oxygens (including phenoxy) is 1. The number of aryl methyl sites for hydroxylation is 2. The highest BCUT2D eigenvalue weighted by Crippen LogP contribution is 2.40. The number of carbonyl (C=O) groups is 2. The van der Waals surface area contributed by atoms with Gasteiger partial charge in [0.1, 0.15) is 11.5 Å². The number of rotatable bonds is 7. The Morgan fingerprint density at radius 2 is 1.77 bits per heavy atom. The van der Waals surface area contributed by atoms with Crippen LogP contribution in [0.5, 0.6) is 5.75 Å². The van der Waals surface area contributed by atoms with E-state index in [4.69, 9.17) is 4.74 Å². The lowest BCUT2D eigenvalue weighted by Gasteiger charge is -2.25. The fraction of sp³-hybridized carbons (Fsp3) is 0.360. The first-order valence-corrected chi connectivity index (χ1v) is 10.4. The van der Waals surface area contributed by atoms with E-state index in [1.54, 1.807) is 18.1 Å². The number of benzene rings is 2. The highest BCUT2D eigenvalue weighted by Gasteiger charge is 2.45. The van der Waals surface area contributed by atoms with Crippen molar-refractivity contribution in [2.75, 3.05) is 13.7 Å². The van der Waals surface area contributed by atoms with Crippen molar-refractivity contribution in [3.63, 3.8) is 0 Å². The monoisotopic (exact) mass is 407 g/mol. The predicted molar refractivity (Wildman–Crippen MR) is 117 cm³/mol. The molecule has 0 bridgehead atoms. The molecule has 5 nitrogen and oxygen atoms in total. The number of hydrogen-bond donors (Lipinski definition) is 1. The highest BCUT2D eigenvalue weighted by molar-refractivity contribution is 6.46. The molecular formula is C25H29NO4. The van der Waals surface area contributed by atoms with Gasteiger partial charge < -0.3 is 14.7 Å². The summed E-state index contributed by atoms with van der Waals surface area (Å²) in [7, 11) is 1.60. The average Bonchev–Trinajstić information content (AvgIpc) is 3.00. The summed E-state index contributed by atoms with van der Waals surface area (Å²) in [4.78, 5) is 27.5. The van der Waals surface area contributed by atoms with Crippen LogP contribution in [-0.4, -0.2) is 35.4 Å². The quantitative estimate of drug-likeness (QED) is 0.306. The number of amides is 1. The summed E-state index contributed by atoms with van der Waals surface area (Å²) in [5.74, 6) is -0.609. The molecule has 2 aromatic carbocycles. The number of Topliss-reactive ketones (excluding diaryl/α,β-unsaturated/α-hetero) is 1. The number of aliphatic hydroxyl groups excluding tert-OH is 1. The van der Waals surface area contributed by atoms with Gasteiger partial charge in [-0.05, 0) is 49.1 Å². The Labute approximate surface area is 178 Å². The van der Waals surface area contributed by atoms with Crippen LogP contribution in [-0.2, 0) is 9.59 Å². The number of methoxy groups -OCH3 is 1. The van der Waals surface area contributed by atoms with Crippen LogP contribution in [0.1, 0.15) is 54.5 Å². The van der Waals surface area contributed by atoms with E-state index in [9.17, 15) is 14.7 Å². The van der Waals surface area contributed by atoms with Crippen LogP contribution < -0.4 is 4.74 Å². The Morgan fingerprint density at radius 1 is 1.07 bits per heavy atom. The highest BCUT2D eigenvalue weighted by atomic mass is 16.5. The second kappa shape index (κ2) is 9.16. The SMILES string of the molecule is CCCCCN1C(=O)C(=O)/C(=C(/O)c2cc(C)c(OC)cc2C)C1c1ccccc1. The van der Waals surface area contributed by atoms with Crippen molar-refractivity contribution in [1.29, 1.82) is 0 Å². The summed E-state index contributed by atoms with van der Waals surface area (Å²) in [6.07, 6.45) is 2.80. The van der Waals surface area contributed by atoms with Gasteiger partial charge in [-0.2, -0.15) is 0 Å². The molecule has 1 atom stereocenters. The first-order chi connectivity index (χ1) is 14.4. The molecule has 1 aliphatic heterocycles. The van der Waals surface area contributed by atoms with Gasteiger partial charge in [0.25, 0.3) is 11.7 Å². The van der Waals surface area contributed by atoms with Gasteiger partial charge in [0.2, 0.25) is 0 Å². The summed E-state index contributed by atoms with van der Waals surface area (Å²) in [6, 6.07) is 12.5. The maximum atomic E-state index is 13.0. The Balaban J connectivity index is 2.16. The van der Waals surface area contributed by atoms with Crippen molar-refractivity contribution in [2.45, 2.75) is 46.1 Å². The van der Waals surface area contributed by atoms with Gasteiger partial charge in [-0.25, -0.2) is 0 Å². The number of ketones is 1. The minimum atomic E-state index is -0.634. The summed E-state index contributed by atoms with van der Waals surface area (Å²) >= 11 is 0. The van der Waals surface area contributed by atoms with Crippen LogP contribution in [0.4, 0.5) is 0 Å². The molecule has 1 unspecified atom stereocenters. The largest absolute Gasteiger partial charge is 0.507 e. The Bertz CT molecular complexity index is 978. The normalized spacial score (nSPS) is 18.1. The Morgan fingerprint density at radius 3 is 2.40 bits per heavy atom. The topological polar surface area (TPSA) is 66.8 Å². The van der Waals surface area contributed by atoms with Crippen molar-refractivity contribution in [2.24, 2.45) is 0 Å². The van der Waals surface area contributed by atoms with Crippen LogP contribution in [0.2, 0.25) is 0 Å². The molecule has 1 aliphatic rings. The van der Waals surface area contributed by atoms with E-state index in [2.05, 4.69) is 6.92 Å². The predicted octanol–water partition coefficient (Wildman–Crippen LogP) is 4.92. The summed E-state index contributed by atoms with van der Waals surface area (Å²) < 4.78 is 5.36. The van der Waals surface area contributed by atoms with Crippen molar-refractivity contribution in [3.05, 3.63) is 70.3 Å². The summed E-state index contributed by atoms with van der Waals surface area (Å²) in [5, 5.41) is 11.2. The fourth-order valence-electron chi connectivity index (χ4n) is 4.03. The second-order valence-corrected chi connectivity index (χ2v) is 7.75. The van der Waals surface area contributed by atoms with Crippen LogP contribution in [0, 0.1) is 13.8 Å². The molecule has 5 heteroatoms. The van der Waals surface area contributed by atoms with Gasteiger partial charge in [0.15, 0.2) is 0 Å². The van der Waals surface area contributed by atoms with E-state index >= 15 is 0 Å². The van der Waals surface area contributed by atoms with Crippen LogP contribution in [0.3, 0.4) is 0 Å². The molecule has 0 saturated carbocycles. The Kier molecular flexibility index (Phi) is 6.60. The van der Waals surface area contributed by atoms with E-state index < -0.39 is 17.7 Å². The minimum absolute atomic E-state index is 0.136. The maximum Gasteiger partial charge on any atom is 0.295 e. The smallest absolute Gasteiger partial charge is 0.295 e. The molecule has 158 valence electrons. The molecule has 1 N–H and O–H groups in total. The zero-order valence-electron chi connectivity index (χ0n) is 18.1. The van der Waals surface area contributed by atoms with E-state index in [0.29, 0.717) is 17.9 Å². The standard InChI is InChI=1S/C25H29NO4/c1-5-6-10-13-26-22(18-11-8-7-9-12-18)21(24(28)25(26)29)23(27)19-14-17(3)20(30-4)15-16(19)2/h7-9,11-12,14-15,22,27H,5-6,10,13H2,1-4H3/b23-21+. The molecule has 3 rings (SSSR count). The molecule has 0 radical (unpaired) electrons. The van der Waals surface area contributed by atoms with Crippen molar-refractivity contribution in [1.82, 2.24) is 4.90 Å². The molecule has 1 amide bonds. The lowest BCUT2D eigenvalue weighted by Crippen LogP contribution is -2.30. The van der Waals surface area contributed by atoms with Crippen molar-refractivity contribution >= 4 is 17.4 Å². The van der Waals surface area contributed by atoms with Gasteiger partial charge in [0, 0.05) is 12.1 Å². The minimum Gasteiger partial charge on any atom is -0.507 e. The van der Waals surface area contributed by atoms with Crippen LogP contribution in [0.15, 0.2) is 48.0 Å². The van der Waals surface area contributed by atoms with Gasteiger partial charge in [-0.3, -0.25) is 9.59 Å². The van der Waals surface area contributed by atoms with E-state index in [0.717, 1.165) is 36.0 Å². The van der Waals surface area contributed by atoms with E-state index in [1.165, 1.54) is 0 Å². The summed E-state index contributed by atoms with van der Waals surface area (Å²) in [6.45, 7) is 6.31. The van der Waals surface area contributed by atoms with Gasteiger partial charge in [-0.1, -0.05) is 50.1 Å². The van der Waals surface area contributed by atoms with Crippen molar-refractivity contribution in [3.8, 4) is 5.75 Å². The molecule has 0 aliphatic carbocycles. The Hall–Kier alpha value is -3.08. The van der Waals surface area contributed by atoms with E-state index in [-0.39, 0.29) is 11.3 Å². The maximum absolute atomic E-state index is 13.0. The number of aliphatic hydroxyl groups is 1. The first-order valence-electron chi connectivity index (χ1n) is 10.4. The number of unbranched alkanes of at least 4 members (excludes halogenated alkanes) is 2. The second-order valence-electron chi connectivity index (χ2n) is 7.75. The molecule has 2 aromatic rings. The third kappa shape index (κ3) is 3.97.